The molecule has 0 aliphatic rings. The van der Waals surface area contributed by atoms with Crippen molar-refractivity contribution in [3.05, 3.63) is 33.9 Å². The first-order valence-corrected chi connectivity index (χ1v) is 5.59. The van der Waals surface area contributed by atoms with Crippen LogP contribution in [0.4, 0.5) is 11.4 Å². The predicted molar refractivity (Wildman–Crippen MR) is 69.0 cm³/mol. The molecule has 6 nitrogen and oxygen atoms in total. The number of hydrogen-bond donors (Lipinski definition) is 1. The summed E-state index contributed by atoms with van der Waals surface area (Å²) in [6, 6.07) is 5.18. The van der Waals surface area contributed by atoms with Gasteiger partial charge in [0.25, 0.3) is 5.69 Å². The van der Waals surface area contributed by atoms with Crippen molar-refractivity contribution in [2.45, 2.75) is 13.0 Å². The summed E-state index contributed by atoms with van der Waals surface area (Å²) in [6.45, 7) is 2.60. The Hall–Kier alpha value is -1.66. The van der Waals surface area contributed by atoms with E-state index < -0.39 is 0 Å². The minimum atomic E-state index is -0.379. The van der Waals surface area contributed by atoms with Gasteiger partial charge in [-0.1, -0.05) is 12.1 Å². The van der Waals surface area contributed by atoms with E-state index in [9.17, 15) is 10.1 Å². The Labute approximate surface area is 106 Å². The minimum Gasteiger partial charge on any atom is -0.382 e. The molecule has 18 heavy (non-hydrogen) atoms. The van der Waals surface area contributed by atoms with E-state index in [1.54, 1.807) is 39.3 Å². The molecule has 100 valence electrons. The highest BCUT2D eigenvalue weighted by molar-refractivity contribution is 5.65. The molecule has 0 bridgehead atoms. The van der Waals surface area contributed by atoms with Gasteiger partial charge in [-0.15, -0.1) is 0 Å². The fourth-order valence-electron chi connectivity index (χ4n) is 1.66. The first-order valence-electron chi connectivity index (χ1n) is 5.59. The lowest BCUT2D eigenvalue weighted by Gasteiger charge is -2.16. The zero-order chi connectivity index (χ0) is 13.5. The van der Waals surface area contributed by atoms with Gasteiger partial charge >= 0.3 is 0 Å². The normalized spacial score (nSPS) is 12.2. The molecule has 0 saturated carbocycles. The van der Waals surface area contributed by atoms with E-state index in [-0.39, 0.29) is 16.7 Å². The van der Waals surface area contributed by atoms with Crippen LogP contribution in [0, 0.1) is 17.0 Å². The van der Waals surface area contributed by atoms with Crippen LogP contribution < -0.4 is 5.32 Å². The molecule has 1 aromatic rings. The molecule has 0 saturated heterocycles. The van der Waals surface area contributed by atoms with Crippen molar-refractivity contribution in [1.29, 1.82) is 0 Å². The van der Waals surface area contributed by atoms with Crippen LogP contribution in [-0.2, 0) is 9.47 Å². The molecular formula is C12H18N2O4. The third-order valence-electron chi connectivity index (χ3n) is 2.63. The number of nitro groups is 1. The van der Waals surface area contributed by atoms with E-state index in [0.717, 1.165) is 0 Å². The number of benzene rings is 1. The van der Waals surface area contributed by atoms with Crippen LogP contribution in [0.25, 0.3) is 0 Å². The lowest BCUT2D eigenvalue weighted by molar-refractivity contribution is -0.384. The van der Waals surface area contributed by atoms with Crippen molar-refractivity contribution >= 4 is 11.4 Å². The lowest BCUT2D eigenvalue weighted by Crippen LogP contribution is -2.26. The Kier molecular flexibility index (Phi) is 5.54. The van der Waals surface area contributed by atoms with E-state index in [1.165, 1.54) is 0 Å². The summed E-state index contributed by atoms with van der Waals surface area (Å²) in [4.78, 5) is 10.6. The number of ether oxygens (including phenoxy) is 2. The number of aryl methyl sites for hydroxylation is 1. The van der Waals surface area contributed by atoms with Crippen LogP contribution in [0.5, 0.6) is 0 Å². The smallest absolute Gasteiger partial charge is 0.295 e. The summed E-state index contributed by atoms with van der Waals surface area (Å²) in [5.41, 5.74) is 1.23. The number of methoxy groups -OCH3 is 2. The molecule has 0 spiro atoms. The number of para-hydroxylation sites is 1. The number of nitrogens with one attached hydrogen (secondary N) is 1. The highest BCUT2D eigenvalue weighted by Crippen LogP contribution is 2.27. The second-order valence-electron chi connectivity index (χ2n) is 3.92. The van der Waals surface area contributed by atoms with Crippen molar-refractivity contribution < 1.29 is 14.4 Å². The maximum atomic E-state index is 11.0. The Bertz CT molecular complexity index is 409. The SMILES string of the molecule is COCC(CNc1cccc(C)c1[N+](=O)[O-])OC. The minimum absolute atomic E-state index is 0.102. The van der Waals surface area contributed by atoms with Gasteiger partial charge in [-0.2, -0.15) is 0 Å². The Morgan fingerprint density at radius 2 is 2.17 bits per heavy atom. The molecule has 1 unspecified atom stereocenters. The molecule has 0 aliphatic heterocycles. The van der Waals surface area contributed by atoms with Gasteiger partial charge in [0.05, 0.1) is 17.6 Å². The van der Waals surface area contributed by atoms with Gasteiger partial charge in [0, 0.05) is 26.3 Å². The summed E-state index contributed by atoms with van der Waals surface area (Å²) in [5.74, 6) is 0. The first-order chi connectivity index (χ1) is 8.60. The maximum absolute atomic E-state index is 11.0. The summed E-state index contributed by atoms with van der Waals surface area (Å²) in [5, 5.41) is 14.0. The van der Waals surface area contributed by atoms with Crippen LogP contribution >= 0.6 is 0 Å². The Morgan fingerprint density at radius 1 is 1.44 bits per heavy atom. The van der Waals surface area contributed by atoms with E-state index in [0.29, 0.717) is 24.4 Å². The molecule has 6 heteroatoms. The van der Waals surface area contributed by atoms with Crippen molar-refractivity contribution in [2.24, 2.45) is 0 Å². The van der Waals surface area contributed by atoms with Crippen molar-refractivity contribution in [3.8, 4) is 0 Å². The highest BCUT2D eigenvalue weighted by atomic mass is 16.6. The zero-order valence-electron chi connectivity index (χ0n) is 10.8. The third-order valence-corrected chi connectivity index (χ3v) is 2.63. The summed E-state index contributed by atoms with van der Waals surface area (Å²) in [6.07, 6.45) is -0.143. The number of anilines is 1. The molecule has 0 heterocycles. The highest BCUT2D eigenvalue weighted by Gasteiger charge is 2.17. The third kappa shape index (κ3) is 3.68. The molecule has 0 amide bonds. The van der Waals surface area contributed by atoms with Gasteiger partial charge in [0.15, 0.2) is 0 Å². The quantitative estimate of drug-likeness (QED) is 0.595. The van der Waals surface area contributed by atoms with Gasteiger partial charge < -0.3 is 14.8 Å². The van der Waals surface area contributed by atoms with Gasteiger partial charge in [-0.3, -0.25) is 10.1 Å². The average molecular weight is 254 g/mol. The topological polar surface area (TPSA) is 73.6 Å². The standard InChI is InChI=1S/C12H18N2O4/c1-9-5-4-6-11(12(9)14(15)16)13-7-10(18-3)8-17-2/h4-6,10,13H,7-8H2,1-3H3. The summed E-state index contributed by atoms with van der Waals surface area (Å²) >= 11 is 0. The summed E-state index contributed by atoms with van der Waals surface area (Å²) < 4.78 is 10.2. The van der Waals surface area contributed by atoms with Gasteiger partial charge in [0.2, 0.25) is 0 Å². The number of rotatable bonds is 7. The van der Waals surface area contributed by atoms with Crippen LogP contribution in [-0.4, -0.2) is 38.4 Å². The molecule has 1 atom stereocenters. The molecule has 0 aliphatic carbocycles. The van der Waals surface area contributed by atoms with Crippen LogP contribution in [0.15, 0.2) is 18.2 Å². The predicted octanol–water partition coefficient (Wildman–Crippen LogP) is 1.98. The average Bonchev–Trinajstić information content (AvgIpc) is 2.33. The number of nitrogens with zero attached hydrogens (tertiary/aromatic N) is 1. The van der Waals surface area contributed by atoms with E-state index in [4.69, 9.17) is 9.47 Å². The second-order valence-corrected chi connectivity index (χ2v) is 3.92. The van der Waals surface area contributed by atoms with Crippen LogP contribution in [0.3, 0.4) is 0 Å². The molecule has 1 rings (SSSR count). The zero-order valence-corrected chi connectivity index (χ0v) is 10.8. The van der Waals surface area contributed by atoms with Gasteiger partial charge in [-0.25, -0.2) is 0 Å². The van der Waals surface area contributed by atoms with Crippen molar-refractivity contribution in [1.82, 2.24) is 0 Å². The van der Waals surface area contributed by atoms with E-state index in [2.05, 4.69) is 5.32 Å². The Morgan fingerprint density at radius 3 is 2.72 bits per heavy atom. The molecule has 0 radical (unpaired) electrons. The molecule has 1 N–H and O–H groups in total. The number of nitro benzene ring substituents is 1. The van der Waals surface area contributed by atoms with Crippen LogP contribution in [0.2, 0.25) is 0 Å². The molecular weight excluding hydrogens is 236 g/mol. The van der Waals surface area contributed by atoms with Crippen LogP contribution in [0.1, 0.15) is 5.56 Å². The lowest BCUT2D eigenvalue weighted by atomic mass is 10.1. The Balaban J connectivity index is 2.78. The van der Waals surface area contributed by atoms with Gasteiger partial charge in [0.1, 0.15) is 5.69 Å². The molecule has 1 aromatic carbocycles. The maximum Gasteiger partial charge on any atom is 0.295 e. The van der Waals surface area contributed by atoms with E-state index >= 15 is 0 Å². The molecule has 0 aromatic heterocycles. The largest absolute Gasteiger partial charge is 0.382 e. The second kappa shape index (κ2) is 6.93. The fraction of sp³-hybridized carbons (Fsp3) is 0.500. The van der Waals surface area contributed by atoms with Gasteiger partial charge in [-0.05, 0) is 13.0 Å². The monoisotopic (exact) mass is 254 g/mol. The molecule has 0 fully saturated rings. The van der Waals surface area contributed by atoms with Crippen molar-refractivity contribution in [2.75, 3.05) is 32.7 Å². The fourth-order valence-corrected chi connectivity index (χ4v) is 1.66. The number of hydrogen-bond acceptors (Lipinski definition) is 5. The first kappa shape index (κ1) is 14.4. The summed E-state index contributed by atoms with van der Waals surface area (Å²) in [7, 11) is 3.16. The van der Waals surface area contributed by atoms with E-state index in [1.807, 2.05) is 0 Å². The van der Waals surface area contributed by atoms with Crippen molar-refractivity contribution in [3.63, 3.8) is 0 Å².